The summed E-state index contributed by atoms with van der Waals surface area (Å²) >= 11 is 2.23. The van der Waals surface area contributed by atoms with Gasteiger partial charge in [-0.15, -0.1) is 0 Å². The fraction of sp³-hybridized carbons (Fsp3) is 0.130. The van der Waals surface area contributed by atoms with E-state index < -0.39 is 0 Å². The van der Waals surface area contributed by atoms with E-state index in [-0.39, 0.29) is 0 Å². The third kappa shape index (κ3) is 5.37. The summed E-state index contributed by atoms with van der Waals surface area (Å²) in [5.41, 5.74) is 1.36. The zero-order chi connectivity index (χ0) is 17.3. The molecule has 0 saturated heterocycles. The maximum atomic E-state index is 2.27. The topological polar surface area (TPSA) is 0 Å². The van der Waals surface area contributed by atoms with Crippen molar-refractivity contribution < 1.29 is 0 Å². The molecule has 0 nitrogen and oxygen atoms in total. The van der Waals surface area contributed by atoms with Crippen LogP contribution in [-0.2, 0) is 0 Å². The van der Waals surface area contributed by atoms with Crippen LogP contribution in [0, 0.1) is 0 Å². The van der Waals surface area contributed by atoms with Gasteiger partial charge in [-0.05, 0) is 0 Å². The number of hydrogen-bond acceptors (Lipinski definition) is 1. The van der Waals surface area contributed by atoms with E-state index in [0.717, 1.165) is 12.8 Å². The molecule has 3 aromatic carbocycles. The summed E-state index contributed by atoms with van der Waals surface area (Å²) in [7, 11) is 0. The first-order valence-corrected chi connectivity index (χ1v) is 11.1. The first-order valence-electron chi connectivity index (χ1n) is 8.61. The number of rotatable bonds is 7. The second kappa shape index (κ2) is 9.67. The van der Waals surface area contributed by atoms with Gasteiger partial charge in [-0.25, -0.2) is 0 Å². The molecule has 3 aromatic rings. The summed E-state index contributed by atoms with van der Waals surface area (Å²) in [6, 6.07) is 32.5. The molecule has 0 saturated carbocycles. The predicted octanol–water partition coefficient (Wildman–Crippen LogP) is 5.98. The van der Waals surface area contributed by atoms with E-state index in [1.165, 1.54) is 24.3 Å². The van der Waals surface area contributed by atoms with Crippen molar-refractivity contribution in [3.8, 4) is 0 Å². The molecule has 0 spiro atoms. The van der Waals surface area contributed by atoms with Gasteiger partial charge in [0.25, 0.3) is 0 Å². The normalized spacial score (nSPS) is 11.9. The van der Waals surface area contributed by atoms with Gasteiger partial charge >= 0.3 is 162 Å². The van der Waals surface area contributed by atoms with Crippen molar-refractivity contribution in [1.29, 1.82) is 0 Å². The maximum absolute atomic E-state index is 2.27. The molecule has 0 atom stereocenters. The van der Waals surface area contributed by atoms with Crippen LogP contribution in [0.5, 0.6) is 0 Å². The van der Waals surface area contributed by atoms with Gasteiger partial charge in [-0.1, -0.05) is 0 Å². The Hall–Kier alpha value is -1.73. The average molecular weight is 409 g/mol. The van der Waals surface area contributed by atoms with Crippen LogP contribution in [-0.4, -0.2) is 15.0 Å². The number of thioether (sulfide) groups is 1. The summed E-state index contributed by atoms with van der Waals surface area (Å²) in [5.74, 6) is 0. The van der Waals surface area contributed by atoms with E-state index in [0.29, 0.717) is 15.0 Å². The minimum atomic E-state index is 0.300. The minimum absolute atomic E-state index is 0.300. The monoisotopic (exact) mass is 410 g/mol. The Morgan fingerprint density at radius 1 is 0.760 bits per heavy atom. The summed E-state index contributed by atoms with van der Waals surface area (Å²) in [4.78, 5) is 2.83. The van der Waals surface area contributed by atoms with Crippen LogP contribution in [0.1, 0.15) is 25.3 Å². The molecule has 0 N–H and O–H groups in total. The molecule has 3 rings (SSSR count). The second-order valence-corrected chi connectivity index (χ2v) is 9.14. The van der Waals surface area contributed by atoms with E-state index in [1.54, 1.807) is 0 Å². The van der Waals surface area contributed by atoms with Crippen LogP contribution < -0.4 is 4.46 Å². The zero-order valence-corrected chi connectivity index (χ0v) is 16.9. The second-order valence-electron chi connectivity index (χ2n) is 5.70. The van der Waals surface area contributed by atoms with Gasteiger partial charge in [-0.3, -0.25) is 0 Å². The summed E-state index contributed by atoms with van der Waals surface area (Å²) in [6.07, 6.45) is 2.29. The van der Waals surface area contributed by atoms with Crippen molar-refractivity contribution in [3.05, 3.63) is 101 Å². The zero-order valence-electron chi connectivity index (χ0n) is 14.4. The Labute approximate surface area is 161 Å². The molecule has 0 radical (unpaired) electrons. The molecule has 0 fully saturated rings. The van der Waals surface area contributed by atoms with Crippen molar-refractivity contribution in [3.63, 3.8) is 0 Å². The van der Waals surface area contributed by atoms with Crippen molar-refractivity contribution in [2.75, 3.05) is 0 Å². The summed E-state index contributed by atoms with van der Waals surface area (Å²) in [6.45, 7) is 2.27. The fourth-order valence-electron chi connectivity index (χ4n) is 2.54. The van der Waals surface area contributed by atoms with Crippen molar-refractivity contribution in [2.24, 2.45) is 0 Å². The van der Waals surface area contributed by atoms with Crippen LogP contribution in [0.3, 0.4) is 0 Å². The molecule has 0 bridgehead atoms. The Morgan fingerprint density at radius 3 is 1.92 bits per heavy atom. The van der Waals surface area contributed by atoms with E-state index in [1.807, 2.05) is 11.8 Å². The number of hydrogen-bond donors (Lipinski definition) is 0. The van der Waals surface area contributed by atoms with Crippen LogP contribution in [0.15, 0.2) is 101 Å². The van der Waals surface area contributed by atoms with Gasteiger partial charge in [0.15, 0.2) is 0 Å². The van der Waals surface area contributed by atoms with Crippen LogP contribution in [0.2, 0.25) is 0 Å². The first kappa shape index (κ1) is 18.1. The quantitative estimate of drug-likeness (QED) is 0.342. The Balaban J connectivity index is 2.02. The molecule has 2 heteroatoms. The van der Waals surface area contributed by atoms with Gasteiger partial charge in [0.05, 0.1) is 0 Å². The van der Waals surface area contributed by atoms with E-state index in [4.69, 9.17) is 0 Å². The molecule has 0 unspecified atom stereocenters. The van der Waals surface area contributed by atoms with Crippen molar-refractivity contribution in [2.45, 2.75) is 24.7 Å². The van der Waals surface area contributed by atoms with Crippen LogP contribution in [0.25, 0.3) is 4.47 Å². The molecule has 25 heavy (non-hydrogen) atoms. The standard InChI is InChI=1S/C23H22SSe/c1-2-12-22(24-20-15-8-4-9-16-20)23(19-13-6-3-7-14-19)25-21-17-10-5-11-18-21/h3-11,13-18H,2,12H2,1H3/b23-22+. The number of benzene rings is 3. The fourth-order valence-corrected chi connectivity index (χ4v) is 6.21. The molecule has 0 aliphatic carbocycles. The van der Waals surface area contributed by atoms with Gasteiger partial charge in [0.1, 0.15) is 0 Å². The van der Waals surface area contributed by atoms with Gasteiger partial charge in [0.2, 0.25) is 0 Å². The van der Waals surface area contributed by atoms with Crippen molar-refractivity contribution >= 4 is 35.7 Å². The van der Waals surface area contributed by atoms with Crippen LogP contribution >= 0.6 is 11.8 Å². The van der Waals surface area contributed by atoms with E-state index in [9.17, 15) is 0 Å². The SMILES string of the molecule is CCC/C(Sc1ccccc1)=C(\[Se]c1ccccc1)c1ccccc1. The number of allylic oxidation sites excluding steroid dienone is 1. The molecular weight excluding hydrogens is 387 g/mol. The third-order valence-electron chi connectivity index (χ3n) is 3.71. The molecule has 0 heterocycles. The summed E-state index contributed by atoms with van der Waals surface area (Å²) in [5, 5.41) is 0. The molecule has 0 amide bonds. The third-order valence-corrected chi connectivity index (χ3v) is 7.67. The van der Waals surface area contributed by atoms with E-state index >= 15 is 0 Å². The Kier molecular flexibility index (Phi) is 6.99. The molecule has 0 aliphatic rings. The van der Waals surface area contributed by atoms with Crippen LogP contribution in [0.4, 0.5) is 0 Å². The average Bonchev–Trinajstić information content (AvgIpc) is 2.68. The first-order chi connectivity index (χ1) is 12.4. The Bertz CT molecular complexity index is 795. The van der Waals surface area contributed by atoms with Gasteiger partial charge in [0, 0.05) is 0 Å². The van der Waals surface area contributed by atoms with Crippen molar-refractivity contribution in [1.82, 2.24) is 0 Å². The summed E-state index contributed by atoms with van der Waals surface area (Å²) < 4.78 is 2.94. The van der Waals surface area contributed by atoms with Gasteiger partial charge in [-0.2, -0.15) is 0 Å². The van der Waals surface area contributed by atoms with E-state index in [2.05, 4.69) is 97.9 Å². The molecule has 0 aliphatic heterocycles. The molecule has 0 aromatic heterocycles. The molecular formula is C23H22SSe. The predicted molar refractivity (Wildman–Crippen MR) is 112 cm³/mol. The Morgan fingerprint density at radius 2 is 1.32 bits per heavy atom. The molecule has 126 valence electrons. The van der Waals surface area contributed by atoms with Gasteiger partial charge < -0.3 is 0 Å².